The molecule has 15 heavy (non-hydrogen) atoms. The number of hydrogen-bond donors (Lipinski definition) is 0. The highest BCUT2D eigenvalue weighted by Crippen LogP contribution is 2.31. The molecule has 0 fully saturated rings. The third-order valence-electron chi connectivity index (χ3n) is 2.29. The van der Waals surface area contributed by atoms with Gasteiger partial charge in [0.1, 0.15) is 11.3 Å². The van der Waals surface area contributed by atoms with E-state index in [1.165, 1.54) is 0 Å². The van der Waals surface area contributed by atoms with Crippen LogP contribution in [0.5, 0.6) is 0 Å². The smallest absolute Gasteiger partial charge is 0.149 e. The highest BCUT2D eigenvalue weighted by molar-refractivity contribution is 9.10. The van der Waals surface area contributed by atoms with Gasteiger partial charge in [-0.2, -0.15) is 0 Å². The molecule has 0 aliphatic carbocycles. The highest BCUT2D eigenvalue weighted by atomic mass is 79.9. The number of hydrogen-bond acceptors (Lipinski definition) is 1. The van der Waals surface area contributed by atoms with Gasteiger partial charge in [-0.3, -0.25) is 0 Å². The topological polar surface area (TPSA) is 13.1 Å². The lowest BCUT2D eigenvalue weighted by Gasteiger charge is -1.91. The maximum atomic E-state index is 5.69. The Labute approximate surface area is 97.2 Å². The molecule has 0 amide bonds. The fourth-order valence-electron chi connectivity index (χ4n) is 1.59. The second kappa shape index (κ2) is 4.07. The lowest BCUT2D eigenvalue weighted by molar-refractivity contribution is 0.576. The quantitative estimate of drug-likeness (QED) is 0.715. The molecule has 0 radical (unpaired) electrons. The van der Waals surface area contributed by atoms with E-state index in [2.05, 4.69) is 28.6 Å². The van der Waals surface area contributed by atoms with Crippen LogP contribution in [0.15, 0.2) is 45.8 Å². The Bertz CT molecular complexity index is 535. The summed E-state index contributed by atoms with van der Waals surface area (Å²) in [7, 11) is 0. The minimum Gasteiger partial charge on any atom is -0.460 e. The monoisotopic (exact) mass is 262 g/mol. The van der Waals surface area contributed by atoms with Gasteiger partial charge in [0.05, 0.1) is 4.47 Å². The molecule has 0 aliphatic heterocycles. The SMILES string of the molecule is C=C/C=C\c1c(C)oc2c(Br)cccc12. The molecule has 2 heteroatoms. The lowest BCUT2D eigenvalue weighted by atomic mass is 10.1. The van der Waals surface area contributed by atoms with Crippen molar-refractivity contribution < 1.29 is 4.42 Å². The van der Waals surface area contributed by atoms with Crippen molar-refractivity contribution in [1.29, 1.82) is 0 Å². The Balaban J connectivity index is 2.73. The average molecular weight is 263 g/mol. The van der Waals surface area contributed by atoms with E-state index in [1.54, 1.807) is 6.08 Å². The fourth-order valence-corrected chi connectivity index (χ4v) is 2.04. The third-order valence-corrected chi connectivity index (χ3v) is 2.92. The number of fused-ring (bicyclic) bond motifs is 1. The number of halogens is 1. The van der Waals surface area contributed by atoms with E-state index in [0.29, 0.717) is 0 Å². The van der Waals surface area contributed by atoms with Crippen molar-refractivity contribution in [3.63, 3.8) is 0 Å². The molecule has 0 bridgehead atoms. The van der Waals surface area contributed by atoms with E-state index in [1.807, 2.05) is 31.2 Å². The first kappa shape index (κ1) is 10.2. The van der Waals surface area contributed by atoms with Crippen LogP contribution in [0.25, 0.3) is 17.0 Å². The summed E-state index contributed by atoms with van der Waals surface area (Å²) in [5, 5.41) is 1.12. The highest BCUT2D eigenvalue weighted by Gasteiger charge is 2.09. The number of para-hydroxylation sites is 1. The molecule has 2 rings (SSSR count). The van der Waals surface area contributed by atoms with Gasteiger partial charge in [-0.15, -0.1) is 0 Å². The number of allylic oxidation sites excluding steroid dienone is 2. The molecule has 0 unspecified atom stereocenters. The second-order valence-electron chi connectivity index (χ2n) is 3.28. The number of rotatable bonds is 2. The Morgan fingerprint density at radius 1 is 1.40 bits per heavy atom. The summed E-state index contributed by atoms with van der Waals surface area (Å²) in [5.74, 6) is 0.926. The molecule has 0 spiro atoms. The normalized spacial score (nSPS) is 11.3. The van der Waals surface area contributed by atoms with Crippen LogP contribution in [0, 0.1) is 6.92 Å². The molecular weight excluding hydrogens is 252 g/mol. The first-order chi connectivity index (χ1) is 7.24. The van der Waals surface area contributed by atoms with Crippen molar-refractivity contribution in [2.75, 3.05) is 0 Å². The molecule has 1 aromatic carbocycles. The van der Waals surface area contributed by atoms with Crippen molar-refractivity contribution in [3.8, 4) is 0 Å². The minimum absolute atomic E-state index is 0.902. The summed E-state index contributed by atoms with van der Waals surface area (Å²) in [6.07, 6.45) is 5.69. The summed E-state index contributed by atoms with van der Waals surface area (Å²) in [6.45, 7) is 5.63. The predicted molar refractivity (Wildman–Crippen MR) is 67.9 cm³/mol. The Kier molecular flexibility index (Phi) is 2.78. The Hall–Kier alpha value is -1.28. The van der Waals surface area contributed by atoms with Crippen molar-refractivity contribution in [2.24, 2.45) is 0 Å². The average Bonchev–Trinajstić information content (AvgIpc) is 2.54. The van der Waals surface area contributed by atoms with Crippen LogP contribution in [0.1, 0.15) is 11.3 Å². The first-order valence-corrected chi connectivity index (χ1v) is 5.50. The van der Waals surface area contributed by atoms with Crippen LogP contribution < -0.4 is 0 Å². The first-order valence-electron chi connectivity index (χ1n) is 4.70. The summed E-state index contributed by atoms with van der Waals surface area (Å²) in [4.78, 5) is 0. The van der Waals surface area contributed by atoms with Gasteiger partial charge >= 0.3 is 0 Å². The van der Waals surface area contributed by atoms with E-state index < -0.39 is 0 Å². The van der Waals surface area contributed by atoms with Gasteiger partial charge in [0.15, 0.2) is 0 Å². The van der Waals surface area contributed by atoms with Crippen molar-refractivity contribution in [1.82, 2.24) is 0 Å². The van der Waals surface area contributed by atoms with Gasteiger partial charge in [0, 0.05) is 10.9 Å². The number of benzene rings is 1. The van der Waals surface area contributed by atoms with Gasteiger partial charge in [0.2, 0.25) is 0 Å². The van der Waals surface area contributed by atoms with E-state index in [-0.39, 0.29) is 0 Å². The molecule has 0 saturated heterocycles. The Morgan fingerprint density at radius 3 is 2.93 bits per heavy atom. The third kappa shape index (κ3) is 1.77. The summed E-state index contributed by atoms with van der Waals surface area (Å²) in [5.41, 5.74) is 2.02. The van der Waals surface area contributed by atoms with Crippen LogP contribution in [0.2, 0.25) is 0 Å². The summed E-state index contributed by atoms with van der Waals surface area (Å²) in [6, 6.07) is 6.04. The maximum absolute atomic E-state index is 5.69. The van der Waals surface area contributed by atoms with Gasteiger partial charge in [-0.05, 0) is 28.9 Å². The zero-order valence-electron chi connectivity index (χ0n) is 8.46. The zero-order valence-corrected chi connectivity index (χ0v) is 10.0. The largest absolute Gasteiger partial charge is 0.460 e. The molecule has 1 aromatic heterocycles. The van der Waals surface area contributed by atoms with Crippen LogP contribution >= 0.6 is 15.9 Å². The van der Waals surface area contributed by atoms with Crippen molar-refractivity contribution in [2.45, 2.75) is 6.92 Å². The zero-order chi connectivity index (χ0) is 10.8. The summed E-state index contributed by atoms with van der Waals surface area (Å²) >= 11 is 3.47. The molecular formula is C13H11BrO. The number of furan rings is 1. The molecule has 0 aliphatic rings. The van der Waals surface area contributed by atoms with Gasteiger partial charge < -0.3 is 4.42 Å². The van der Waals surface area contributed by atoms with Crippen molar-refractivity contribution in [3.05, 3.63) is 52.7 Å². The van der Waals surface area contributed by atoms with Gasteiger partial charge in [0.25, 0.3) is 0 Å². The molecule has 1 nitrogen and oxygen atoms in total. The molecule has 76 valence electrons. The molecule has 0 atom stereocenters. The van der Waals surface area contributed by atoms with E-state index in [4.69, 9.17) is 4.42 Å². The van der Waals surface area contributed by atoms with Gasteiger partial charge in [-0.25, -0.2) is 0 Å². The maximum Gasteiger partial charge on any atom is 0.149 e. The van der Waals surface area contributed by atoms with Crippen LogP contribution in [-0.4, -0.2) is 0 Å². The van der Waals surface area contributed by atoms with Crippen LogP contribution in [0.3, 0.4) is 0 Å². The standard InChI is InChI=1S/C13H11BrO/c1-3-4-6-10-9(2)15-13-11(10)7-5-8-12(13)14/h3-8H,1H2,2H3/b6-4-. The number of aryl methyl sites for hydroxylation is 1. The minimum atomic E-state index is 0.902. The lowest BCUT2D eigenvalue weighted by Crippen LogP contribution is -1.72. The van der Waals surface area contributed by atoms with Crippen LogP contribution in [0.4, 0.5) is 0 Å². The fraction of sp³-hybridized carbons (Fsp3) is 0.0769. The van der Waals surface area contributed by atoms with Crippen LogP contribution in [-0.2, 0) is 0 Å². The molecule has 0 N–H and O–H groups in total. The van der Waals surface area contributed by atoms with Crippen molar-refractivity contribution >= 4 is 33.0 Å². The van der Waals surface area contributed by atoms with E-state index in [0.717, 1.165) is 26.8 Å². The second-order valence-corrected chi connectivity index (χ2v) is 4.14. The van der Waals surface area contributed by atoms with Gasteiger partial charge in [-0.1, -0.05) is 36.9 Å². The predicted octanol–water partition coefficient (Wildman–Crippen LogP) is 4.70. The molecule has 1 heterocycles. The molecule has 2 aromatic rings. The Morgan fingerprint density at radius 2 is 2.20 bits per heavy atom. The summed E-state index contributed by atoms with van der Waals surface area (Å²) < 4.78 is 6.68. The van der Waals surface area contributed by atoms with E-state index in [9.17, 15) is 0 Å². The van der Waals surface area contributed by atoms with E-state index >= 15 is 0 Å². The molecule has 0 saturated carbocycles.